The van der Waals surface area contributed by atoms with Gasteiger partial charge in [0.1, 0.15) is 0 Å². The summed E-state index contributed by atoms with van der Waals surface area (Å²) in [5, 5.41) is 19.7. The number of amides is 2. The van der Waals surface area contributed by atoms with Gasteiger partial charge < -0.3 is 29.6 Å². The minimum atomic E-state index is -1.46. The first-order valence-corrected chi connectivity index (χ1v) is 11.1. The highest BCUT2D eigenvalue weighted by Gasteiger charge is 2.52. The number of piperidine rings is 2. The van der Waals surface area contributed by atoms with Gasteiger partial charge in [-0.05, 0) is 44.7 Å². The van der Waals surface area contributed by atoms with Gasteiger partial charge in [-0.2, -0.15) is 0 Å². The molecule has 10 heteroatoms. The van der Waals surface area contributed by atoms with Crippen LogP contribution in [-0.4, -0.2) is 92.9 Å². The number of likely N-dealkylation sites (tertiary alicyclic amines) is 1. The molecule has 10 nitrogen and oxygen atoms in total. The molecule has 0 spiro atoms. The molecule has 0 bridgehead atoms. The van der Waals surface area contributed by atoms with Crippen LogP contribution in [0, 0.1) is 0 Å². The van der Waals surface area contributed by atoms with E-state index in [1.54, 1.807) is 24.2 Å². The van der Waals surface area contributed by atoms with Crippen LogP contribution >= 0.6 is 0 Å². The van der Waals surface area contributed by atoms with Crippen molar-refractivity contribution in [3.63, 3.8) is 0 Å². The molecule has 1 aromatic rings. The topological polar surface area (TPSA) is 124 Å². The van der Waals surface area contributed by atoms with E-state index in [2.05, 4.69) is 9.88 Å². The van der Waals surface area contributed by atoms with Gasteiger partial charge in [0.15, 0.2) is 0 Å². The Bertz CT molecular complexity index is 874. The summed E-state index contributed by atoms with van der Waals surface area (Å²) < 4.78 is 5.57. The molecule has 2 unspecified atom stereocenters. The fraction of sp³-hybridized carbons (Fsp3) is 0.636. The summed E-state index contributed by atoms with van der Waals surface area (Å²) in [6.07, 6.45) is 4.95. The average molecular weight is 447 g/mol. The number of carbonyl (C=O) groups is 3. The van der Waals surface area contributed by atoms with Gasteiger partial charge in [-0.3, -0.25) is 14.6 Å². The van der Waals surface area contributed by atoms with Crippen LogP contribution in [0.5, 0.6) is 0 Å². The summed E-state index contributed by atoms with van der Waals surface area (Å²) in [6.45, 7) is 3.66. The molecule has 174 valence electrons. The number of aliphatic carboxylic acids is 1. The number of aromatic nitrogens is 1. The number of carbonyl (C=O) groups excluding carboxylic acids is 2. The van der Waals surface area contributed by atoms with Crippen LogP contribution in [-0.2, 0) is 14.3 Å². The first-order valence-electron chi connectivity index (χ1n) is 11.1. The van der Waals surface area contributed by atoms with E-state index in [4.69, 9.17) is 9.84 Å². The van der Waals surface area contributed by atoms with Crippen LogP contribution in [0.15, 0.2) is 24.5 Å². The fourth-order valence-corrected chi connectivity index (χ4v) is 5.10. The molecule has 32 heavy (non-hydrogen) atoms. The van der Waals surface area contributed by atoms with E-state index in [-0.39, 0.29) is 25.0 Å². The Labute approximate surface area is 186 Å². The number of cyclic esters (lactones) is 1. The van der Waals surface area contributed by atoms with Crippen molar-refractivity contribution in [2.24, 2.45) is 0 Å². The van der Waals surface area contributed by atoms with Crippen molar-refractivity contribution in [3.8, 4) is 0 Å². The van der Waals surface area contributed by atoms with E-state index >= 15 is 0 Å². The molecule has 3 saturated heterocycles. The maximum atomic E-state index is 13.3. The van der Waals surface area contributed by atoms with Crippen LogP contribution in [0.3, 0.4) is 0 Å². The summed E-state index contributed by atoms with van der Waals surface area (Å²) >= 11 is 0. The van der Waals surface area contributed by atoms with E-state index in [1.807, 2.05) is 12.1 Å². The van der Waals surface area contributed by atoms with Crippen molar-refractivity contribution in [2.45, 2.75) is 56.3 Å². The lowest BCUT2D eigenvalue weighted by Gasteiger charge is -2.41. The second kappa shape index (κ2) is 8.57. The van der Waals surface area contributed by atoms with Crippen LogP contribution in [0.2, 0.25) is 0 Å². The molecule has 2 atom stereocenters. The van der Waals surface area contributed by atoms with E-state index in [0.29, 0.717) is 19.4 Å². The summed E-state index contributed by atoms with van der Waals surface area (Å²) in [7, 11) is 0. The number of β-amino-alcohol motifs (C(OH)–C–C–N with tert-alkyl or cyclic N) is 1. The molecule has 3 aliphatic rings. The van der Waals surface area contributed by atoms with Crippen LogP contribution in [0.4, 0.5) is 10.5 Å². The largest absolute Gasteiger partial charge is 0.481 e. The smallest absolute Gasteiger partial charge is 0.411 e. The summed E-state index contributed by atoms with van der Waals surface area (Å²) in [5.74, 6) is -1.49. The quantitative estimate of drug-likeness (QED) is 0.689. The normalized spacial score (nSPS) is 29.2. The van der Waals surface area contributed by atoms with Crippen molar-refractivity contribution in [3.05, 3.63) is 24.5 Å². The zero-order chi connectivity index (χ0) is 22.9. The molecular weight excluding hydrogens is 416 g/mol. The number of aliphatic hydroxyl groups is 1. The molecule has 0 saturated carbocycles. The van der Waals surface area contributed by atoms with Gasteiger partial charge in [-0.1, -0.05) is 0 Å². The van der Waals surface area contributed by atoms with Gasteiger partial charge in [0.2, 0.25) is 5.60 Å². The number of carboxylic acids is 1. The second-order valence-corrected chi connectivity index (χ2v) is 9.28. The molecule has 3 aliphatic heterocycles. The Morgan fingerprint density at radius 2 is 1.88 bits per heavy atom. The number of ether oxygens (including phenoxy) is 1. The van der Waals surface area contributed by atoms with Gasteiger partial charge in [0.25, 0.3) is 5.91 Å². The Morgan fingerprint density at radius 3 is 2.53 bits per heavy atom. The first-order chi connectivity index (χ1) is 15.2. The van der Waals surface area contributed by atoms with E-state index < -0.39 is 29.7 Å². The van der Waals surface area contributed by atoms with E-state index in [0.717, 1.165) is 31.6 Å². The number of hydrogen-bond acceptors (Lipinski definition) is 7. The number of nitrogens with zero attached hydrogens (tertiary/aromatic N) is 4. The van der Waals surface area contributed by atoms with Crippen molar-refractivity contribution in [1.29, 1.82) is 0 Å². The Hall–Kier alpha value is -2.88. The third kappa shape index (κ3) is 4.50. The third-order valence-electron chi connectivity index (χ3n) is 6.73. The summed E-state index contributed by atoms with van der Waals surface area (Å²) in [4.78, 5) is 46.4. The Kier molecular flexibility index (Phi) is 5.98. The zero-order valence-electron chi connectivity index (χ0n) is 18.3. The Morgan fingerprint density at radius 1 is 1.19 bits per heavy atom. The molecule has 2 N–H and O–H groups in total. The lowest BCUT2D eigenvalue weighted by Crippen LogP contribution is -2.57. The molecule has 0 aromatic carbocycles. The molecule has 2 amide bonds. The van der Waals surface area contributed by atoms with Crippen LogP contribution in [0.1, 0.15) is 39.0 Å². The van der Waals surface area contributed by atoms with Crippen molar-refractivity contribution in [1.82, 2.24) is 14.8 Å². The van der Waals surface area contributed by atoms with Crippen LogP contribution < -0.4 is 4.90 Å². The summed E-state index contributed by atoms with van der Waals surface area (Å²) in [6, 6.07) is 3.91. The van der Waals surface area contributed by atoms with Crippen molar-refractivity contribution >= 4 is 23.7 Å². The van der Waals surface area contributed by atoms with E-state index in [9.17, 15) is 19.5 Å². The maximum Gasteiger partial charge on any atom is 0.411 e. The number of carboxylic acid groups (broad SMARTS) is 1. The average Bonchev–Trinajstić information content (AvgIpc) is 3.08. The molecule has 1 aromatic heterocycles. The molecule has 0 radical (unpaired) electrons. The highest BCUT2D eigenvalue weighted by Crippen LogP contribution is 2.33. The molecular formula is C22H30N4O6. The van der Waals surface area contributed by atoms with Gasteiger partial charge >= 0.3 is 12.1 Å². The van der Waals surface area contributed by atoms with Crippen molar-refractivity contribution < 1.29 is 29.3 Å². The molecule has 4 rings (SSSR count). The monoisotopic (exact) mass is 446 g/mol. The van der Waals surface area contributed by atoms with Gasteiger partial charge in [0, 0.05) is 43.8 Å². The number of pyridine rings is 1. The molecule has 3 fully saturated rings. The number of hydrogen-bond donors (Lipinski definition) is 2. The minimum Gasteiger partial charge on any atom is -0.481 e. The van der Waals surface area contributed by atoms with E-state index in [1.165, 1.54) is 4.90 Å². The SMILES string of the molecule is CC1(C(=O)N2CCCC(O)(CC(=O)O)C2)CN(C2CCN(c3ccncc3)CC2)C(=O)O1. The molecule has 4 heterocycles. The lowest BCUT2D eigenvalue weighted by molar-refractivity contribution is -0.158. The predicted octanol–water partition coefficient (Wildman–Crippen LogP) is 1.09. The fourth-order valence-electron chi connectivity index (χ4n) is 5.10. The van der Waals surface area contributed by atoms with Crippen LogP contribution in [0.25, 0.3) is 0 Å². The Balaban J connectivity index is 1.38. The lowest BCUT2D eigenvalue weighted by atomic mass is 9.88. The predicted molar refractivity (Wildman–Crippen MR) is 114 cm³/mol. The standard InChI is InChI=1S/C22H30N4O6/c1-21(19(29)25-10-2-7-22(31,15-25)13-18(27)28)14-26(20(30)32-21)17-5-11-24(12-6-17)16-3-8-23-9-4-16/h3-4,8-9,17,31H,2,5-7,10-15H2,1H3,(H,27,28). The van der Waals surface area contributed by atoms with Gasteiger partial charge in [0.05, 0.1) is 25.1 Å². The highest BCUT2D eigenvalue weighted by molar-refractivity contribution is 5.90. The number of rotatable bonds is 5. The first kappa shape index (κ1) is 22.3. The highest BCUT2D eigenvalue weighted by atomic mass is 16.6. The van der Waals surface area contributed by atoms with Gasteiger partial charge in [-0.15, -0.1) is 0 Å². The van der Waals surface area contributed by atoms with Gasteiger partial charge in [-0.25, -0.2) is 4.79 Å². The number of anilines is 1. The third-order valence-corrected chi connectivity index (χ3v) is 6.73. The zero-order valence-corrected chi connectivity index (χ0v) is 18.3. The maximum absolute atomic E-state index is 13.3. The summed E-state index contributed by atoms with van der Waals surface area (Å²) in [5.41, 5.74) is -1.71. The minimum absolute atomic E-state index is 0.0134. The second-order valence-electron chi connectivity index (χ2n) is 9.28. The molecule has 0 aliphatic carbocycles. The van der Waals surface area contributed by atoms with Crippen molar-refractivity contribution in [2.75, 3.05) is 37.6 Å².